The van der Waals surface area contributed by atoms with Crippen molar-refractivity contribution in [1.29, 1.82) is 0 Å². The second kappa shape index (κ2) is 7.60. The van der Waals surface area contributed by atoms with E-state index in [9.17, 15) is 4.79 Å². The van der Waals surface area contributed by atoms with Gasteiger partial charge in [-0.2, -0.15) is 0 Å². The molecule has 2 N–H and O–H groups in total. The zero-order chi connectivity index (χ0) is 15.1. The van der Waals surface area contributed by atoms with Crippen LogP contribution in [0.2, 0.25) is 0 Å². The first-order chi connectivity index (χ1) is 10.2. The number of carbonyl (C=O) groups is 1. The van der Waals surface area contributed by atoms with Gasteiger partial charge in [0.05, 0.1) is 5.41 Å². The fourth-order valence-electron chi connectivity index (χ4n) is 3.34. The summed E-state index contributed by atoms with van der Waals surface area (Å²) in [6.07, 6.45) is 5.07. The van der Waals surface area contributed by atoms with Gasteiger partial charge in [-0.1, -0.05) is 43.2 Å². The van der Waals surface area contributed by atoms with Crippen molar-refractivity contribution in [3.8, 4) is 0 Å². The second-order valence-electron chi connectivity index (χ2n) is 6.31. The number of amides is 1. The molecule has 116 valence electrons. The maximum Gasteiger partial charge on any atom is 0.227 e. The highest BCUT2D eigenvalue weighted by atomic mass is 16.2. The van der Waals surface area contributed by atoms with E-state index in [0.717, 1.165) is 51.7 Å². The van der Waals surface area contributed by atoms with Crippen molar-refractivity contribution < 1.29 is 4.79 Å². The molecular formula is C18H28N2O. The fourth-order valence-corrected chi connectivity index (χ4v) is 3.34. The Balaban J connectivity index is 1.87. The number of hydrogen-bond donors (Lipinski definition) is 2. The number of rotatable bonds is 6. The Bertz CT molecular complexity index is 459. The molecule has 0 spiro atoms. The zero-order valence-electron chi connectivity index (χ0n) is 13.4. The van der Waals surface area contributed by atoms with E-state index in [4.69, 9.17) is 0 Å². The monoisotopic (exact) mass is 288 g/mol. The Labute approximate surface area is 128 Å². The quantitative estimate of drug-likeness (QED) is 0.845. The van der Waals surface area contributed by atoms with Crippen LogP contribution in [-0.2, 0) is 11.2 Å². The van der Waals surface area contributed by atoms with E-state index in [-0.39, 0.29) is 11.3 Å². The highest BCUT2D eigenvalue weighted by molar-refractivity contribution is 5.83. The summed E-state index contributed by atoms with van der Waals surface area (Å²) in [6, 6.07) is 8.50. The van der Waals surface area contributed by atoms with Crippen molar-refractivity contribution in [3.63, 3.8) is 0 Å². The normalized spacial score (nSPS) is 22.0. The summed E-state index contributed by atoms with van der Waals surface area (Å²) in [7, 11) is 0. The molecule has 1 aliphatic rings. The van der Waals surface area contributed by atoms with Crippen molar-refractivity contribution in [2.75, 3.05) is 19.6 Å². The molecule has 1 fully saturated rings. The van der Waals surface area contributed by atoms with Gasteiger partial charge in [0, 0.05) is 13.1 Å². The topological polar surface area (TPSA) is 41.1 Å². The van der Waals surface area contributed by atoms with Crippen LogP contribution in [0.25, 0.3) is 0 Å². The van der Waals surface area contributed by atoms with Crippen LogP contribution in [0.4, 0.5) is 0 Å². The number of nitrogens with one attached hydrogen (secondary N) is 2. The third-order valence-corrected chi connectivity index (χ3v) is 4.46. The first-order valence-electron chi connectivity index (χ1n) is 8.21. The van der Waals surface area contributed by atoms with Crippen molar-refractivity contribution in [3.05, 3.63) is 35.4 Å². The molecule has 0 aliphatic carbocycles. The Kier molecular flexibility index (Phi) is 5.80. The molecule has 0 radical (unpaired) electrons. The highest BCUT2D eigenvalue weighted by Crippen LogP contribution is 2.31. The Hall–Kier alpha value is -1.35. The lowest BCUT2D eigenvalue weighted by molar-refractivity contribution is -0.132. The van der Waals surface area contributed by atoms with Crippen molar-refractivity contribution in [1.82, 2.24) is 10.6 Å². The molecule has 3 nitrogen and oxygen atoms in total. The first-order valence-corrected chi connectivity index (χ1v) is 8.21. The van der Waals surface area contributed by atoms with E-state index in [0.29, 0.717) is 0 Å². The molecule has 21 heavy (non-hydrogen) atoms. The van der Waals surface area contributed by atoms with Gasteiger partial charge in [0.25, 0.3) is 0 Å². The van der Waals surface area contributed by atoms with Crippen LogP contribution >= 0.6 is 0 Å². The minimum atomic E-state index is -0.181. The fraction of sp³-hybridized carbons (Fsp3) is 0.611. The van der Waals surface area contributed by atoms with Gasteiger partial charge >= 0.3 is 0 Å². The molecular weight excluding hydrogens is 260 g/mol. The van der Waals surface area contributed by atoms with Gasteiger partial charge in [0.15, 0.2) is 0 Å². The molecule has 1 aromatic carbocycles. The van der Waals surface area contributed by atoms with E-state index in [1.165, 1.54) is 11.1 Å². The van der Waals surface area contributed by atoms with Gasteiger partial charge < -0.3 is 10.6 Å². The number of carbonyl (C=O) groups excluding carboxylic acids is 1. The standard InChI is InChI=1S/C18H28N2O/c1-3-9-18(10-5-11-19-14-18)17(21)20-12-8-16-7-4-6-15(2)13-16/h4,6-7,13,19H,3,5,8-12,14H2,1-2H3,(H,20,21). The molecule has 0 saturated carbocycles. The van der Waals surface area contributed by atoms with E-state index < -0.39 is 0 Å². The molecule has 1 amide bonds. The van der Waals surface area contributed by atoms with Crippen LogP contribution in [0.15, 0.2) is 24.3 Å². The average Bonchev–Trinajstić information content (AvgIpc) is 2.48. The van der Waals surface area contributed by atoms with Gasteiger partial charge in [-0.3, -0.25) is 4.79 Å². The predicted octanol–water partition coefficient (Wildman–Crippen LogP) is 2.82. The van der Waals surface area contributed by atoms with Crippen LogP contribution < -0.4 is 10.6 Å². The molecule has 1 heterocycles. The lowest BCUT2D eigenvalue weighted by atomic mass is 9.76. The molecule has 1 unspecified atom stereocenters. The van der Waals surface area contributed by atoms with Crippen LogP contribution in [0.5, 0.6) is 0 Å². The van der Waals surface area contributed by atoms with E-state index in [2.05, 4.69) is 48.7 Å². The molecule has 0 bridgehead atoms. The second-order valence-corrected chi connectivity index (χ2v) is 6.31. The van der Waals surface area contributed by atoms with Crippen LogP contribution in [0.3, 0.4) is 0 Å². The molecule has 1 saturated heterocycles. The van der Waals surface area contributed by atoms with E-state index in [1.807, 2.05) is 0 Å². The Morgan fingerprint density at radius 1 is 1.43 bits per heavy atom. The lowest BCUT2D eigenvalue weighted by Crippen LogP contribution is -2.50. The molecule has 2 rings (SSSR count). The molecule has 1 aromatic rings. The van der Waals surface area contributed by atoms with E-state index >= 15 is 0 Å². The summed E-state index contributed by atoms with van der Waals surface area (Å²) in [5.41, 5.74) is 2.39. The van der Waals surface area contributed by atoms with Crippen LogP contribution in [-0.4, -0.2) is 25.5 Å². The molecule has 0 aromatic heterocycles. The third-order valence-electron chi connectivity index (χ3n) is 4.46. The Morgan fingerprint density at radius 3 is 2.95 bits per heavy atom. The molecule has 1 atom stereocenters. The highest BCUT2D eigenvalue weighted by Gasteiger charge is 2.38. The maximum absolute atomic E-state index is 12.6. The average molecular weight is 288 g/mol. The summed E-state index contributed by atoms with van der Waals surface area (Å²) in [5.74, 6) is 0.240. The summed E-state index contributed by atoms with van der Waals surface area (Å²) in [6.45, 7) is 6.87. The minimum Gasteiger partial charge on any atom is -0.355 e. The first kappa shape index (κ1) is 16.0. The van der Waals surface area contributed by atoms with Gasteiger partial charge in [-0.25, -0.2) is 0 Å². The number of hydrogen-bond acceptors (Lipinski definition) is 2. The summed E-state index contributed by atoms with van der Waals surface area (Å²) in [4.78, 5) is 12.6. The number of benzene rings is 1. The van der Waals surface area contributed by atoms with Crippen molar-refractivity contribution in [2.24, 2.45) is 5.41 Å². The summed E-state index contributed by atoms with van der Waals surface area (Å²) in [5, 5.41) is 6.56. The molecule has 1 aliphatic heterocycles. The minimum absolute atomic E-state index is 0.181. The number of piperidine rings is 1. The molecule has 3 heteroatoms. The van der Waals surface area contributed by atoms with E-state index in [1.54, 1.807) is 0 Å². The third kappa shape index (κ3) is 4.31. The van der Waals surface area contributed by atoms with Gasteiger partial charge in [-0.05, 0) is 44.7 Å². The van der Waals surface area contributed by atoms with Gasteiger partial charge in [0.2, 0.25) is 5.91 Å². The Morgan fingerprint density at radius 2 is 2.29 bits per heavy atom. The van der Waals surface area contributed by atoms with Crippen LogP contribution in [0.1, 0.15) is 43.7 Å². The lowest BCUT2D eigenvalue weighted by Gasteiger charge is -2.36. The van der Waals surface area contributed by atoms with Gasteiger partial charge in [-0.15, -0.1) is 0 Å². The maximum atomic E-state index is 12.6. The van der Waals surface area contributed by atoms with Crippen molar-refractivity contribution >= 4 is 5.91 Å². The summed E-state index contributed by atoms with van der Waals surface area (Å²) < 4.78 is 0. The largest absolute Gasteiger partial charge is 0.355 e. The van der Waals surface area contributed by atoms with Crippen LogP contribution in [0, 0.1) is 12.3 Å². The van der Waals surface area contributed by atoms with Gasteiger partial charge in [0.1, 0.15) is 0 Å². The summed E-state index contributed by atoms with van der Waals surface area (Å²) >= 11 is 0. The smallest absolute Gasteiger partial charge is 0.227 e. The predicted molar refractivity (Wildman–Crippen MR) is 87.3 cm³/mol. The SMILES string of the molecule is CCCC1(C(=O)NCCc2cccc(C)c2)CCCNC1. The zero-order valence-corrected chi connectivity index (χ0v) is 13.4. The van der Waals surface area contributed by atoms with Crippen molar-refractivity contribution in [2.45, 2.75) is 46.0 Å². The number of aryl methyl sites for hydroxylation is 1.